The van der Waals surface area contributed by atoms with Crippen molar-refractivity contribution in [3.63, 3.8) is 0 Å². The van der Waals surface area contributed by atoms with Gasteiger partial charge in [-0.3, -0.25) is 10.2 Å². The van der Waals surface area contributed by atoms with E-state index < -0.39 is 0 Å². The number of nitrogens with one attached hydrogen (secondary N) is 1. The van der Waals surface area contributed by atoms with Gasteiger partial charge in [-0.25, -0.2) is 5.84 Å². The zero-order valence-electron chi connectivity index (χ0n) is 9.95. The Balaban J connectivity index is 2.26. The SMILES string of the molecule is NNC(=O)c1cccn1-c1cnnc2ccccc12. The first-order valence-corrected chi connectivity index (χ1v) is 5.70. The molecule has 0 saturated carbocycles. The lowest BCUT2D eigenvalue weighted by Crippen LogP contribution is -2.31. The van der Waals surface area contributed by atoms with E-state index in [0.29, 0.717) is 5.69 Å². The van der Waals surface area contributed by atoms with Crippen LogP contribution in [0.3, 0.4) is 0 Å². The Hall–Kier alpha value is -2.73. The molecule has 3 rings (SSSR count). The monoisotopic (exact) mass is 253 g/mol. The van der Waals surface area contributed by atoms with Crippen molar-refractivity contribution in [2.24, 2.45) is 5.84 Å². The maximum absolute atomic E-state index is 11.7. The molecule has 2 aromatic heterocycles. The number of hydrogen-bond donors (Lipinski definition) is 2. The Morgan fingerprint density at radius 3 is 2.89 bits per heavy atom. The highest BCUT2D eigenvalue weighted by Crippen LogP contribution is 2.21. The minimum atomic E-state index is -0.356. The third-order valence-corrected chi connectivity index (χ3v) is 2.90. The molecule has 0 unspecified atom stereocenters. The van der Waals surface area contributed by atoms with E-state index in [1.165, 1.54) is 0 Å². The van der Waals surface area contributed by atoms with Gasteiger partial charge >= 0.3 is 0 Å². The second-order valence-electron chi connectivity index (χ2n) is 3.98. The first-order chi connectivity index (χ1) is 9.31. The van der Waals surface area contributed by atoms with Gasteiger partial charge in [0, 0.05) is 11.6 Å². The fourth-order valence-corrected chi connectivity index (χ4v) is 2.03. The van der Waals surface area contributed by atoms with Crippen LogP contribution >= 0.6 is 0 Å². The summed E-state index contributed by atoms with van der Waals surface area (Å²) >= 11 is 0. The van der Waals surface area contributed by atoms with Gasteiger partial charge in [-0.1, -0.05) is 18.2 Å². The number of rotatable bonds is 2. The van der Waals surface area contributed by atoms with Crippen molar-refractivity contribution >= 4 is 16.8 Å². The summed E-state index contributed by atoms with van der Waals surface area (Å²) in [5, 5.41) is 8.94. The molecule has 1 amide bonds. The molecule has 0 saturated heterocycles. The van der Waals surface area contributed by atoms with E-state index in [2.05, 4.69) is 15.6 Å². The van der Waals surface area contributed by atoms with Crippen LogP contribution in [0.5, 0.6) is 0 Å². The molecule has 19 heavy (non-hydrogen) atoms. The van der Waals surface area contributed by atoms with Crippen molar-refractivity contribution in [1.29, 1.82) is 0 Å². The van der Waals surface area contributed by atoms with Gasteiger partial charge < -0.3 is 4.57 Å². The quantitative estimate of drug-likeness (QED) is 0.405. The average molecular weight is 253 g/mol. The number of amides is 1. The molecular formula is C13H11N5O. The number of hydrogen-bond acceptors (Lipinski definition) is 4. The molecule has 3 aromatic rings. The van der Waals surface area contributed by atoms with Crippen molar-refractivity contribution in [3.05, 3.63) is 54.5 Å². The first-order valence-electron chi connectivity index (χ1n) is 5.70. The maximum Gasteiger partial charge on any atom is 0.282 e. The van der Waals surface area contributed by atoms with Crippen LogP contribution < -0.4 is 11.3 Å². The smallest absolute Gasteiger partial charge is 0.282 e. The Morgan fingerprint density at radius 2 is 2.05 bits per heavy atom. The molecule has 3 N–H and O–H groups in total. The molecule has 0 aliphatic rings. The van der Waals surface area contributed by atoms with Crippen LogP contribution in [-0.2, 0) is 0 Å². The van der Waals surface area contributed by atoms with Crippen molar-refractivity contribution < 1.29 is 4.79 Å². The van der Waals surface area contributed by atoms with Crippen LogP contribution in [0.15, 0.2) is 48.8 Å². The predicted octanol–water partition coefficient (Wildman–Crippen LogP) is 1.02. The van der Waals surface area contributed by atoms with E-state index in [1.54, 1.807) is 29.1 Å². The summed E-state index contributed by atoms with van der Waals surface area (Å²) in [6.45, 7) is 0. The molecule has 94 valence electrons. The molecule has 1 aromatic carbocycles. The van der Waals surface area contributed by atoms with Crippen molar-refractivity contribution in [2.45, 2.75) is 0 Å². The highest BCUT2D eigenvalue weighted by Gasteiger charge is 2.12. The van der Waals surface area contributed by atoms with Crippen LogP contribution in [0.4, 0.5) is 0 Å². The Labute approximate surface area is 108 Å². The summed E-state index contributed by atoms with van der Waals surface area (Å²) in [5.74, 6) is 4.83. The molecule has 0 atom stereocenters. The van der Waals surface area contributed by atoms with Gasteiger partial charge in [0.25, 0.3) is 5.91 Å². The molecule has 0 fully saturated rings. The zero-order chi connectivity index (χ0) is 13.2. The summed E-state index contributed by atoms with van der Waals surface area (Å²) in [5.41, 5.74) is 4.13. The van der Waals surface area contributed by atoms with Gasteiger partial charge in [-0.15, -0.1) is 0 Å². The van der Waals surface area contributed by atoms with E-state index in [9.17, 15) is 4.79 Å². The number of benzene rings is 1. The maximum atomic E-state index is 11.7. The lowest BCUT2D eigenvalue weighted by molar-refractivity contribution is 0.0947. The fraction of sp³-hybridized carbons (Fsp3) is 0. The molecule has 6 nitrogen and oxygen atoms in total. The molecule has 0 bridgehead atoms. The fourth-order valence-electron chi connectivity index (χ4n) is 2.03. The lowest BCUT2D eigenvalue weighted by Gasteiger charge is -2.09. The van der Waals surface area contributed by atoms with E-state index in [4.69, 9.17) is 5.84 Å². The highest BCUT2D eigenvalue weighted by atomic mass is 16.2. The molecule has 2 heterocycles. The topological polar surface area (TPSA) is 85.8 Å². The molecule has 0 aliphatic carbocycles. The number of nitrogen functional groups attached to an aromatic ring is 1. The van der Waals surface area contributed by atoms with E-state index >= 15 is 0 Å². The van der Waals surface area contributed by atoms with Gasteiger partial charge in [0.05, 0.1) is 17.4 Å². The number of nitrogens with zero attached hydrogens (tertiary/aromatic N) is 3. The van der Waals surface area contributed by atoms with Crippen LogP contribution in [0, 0.1) is 0 Å². The van der Waals surface area contributed by atoms with Crippen molar-refractivity contribution in [3.8, 4) is 5.69 Å². The van der Waals surface area contributed by atoms with Crippen LogP contribution in [-0.4, -0.2) is 20.7 Å². The summed E-state index contributed by atoms with van der Waals surface area (Å²) in [6.07, 6.45) is 3.41. The predicted molar refractivity (Wildman–Crippen MR) is 70.5 cm³/mol. The number of carbonyl (C=O) groups excluding carboxylic acids is 1. The third-order valence-electron chi connectivity index (χ3n) is 2.90. The van der Waals surface area contributed by atoms with Gasteiger partial charge in [0.2, 0.25) is 0 Å². The van der Waals surface area contributed by atoms with Crippen molar-refractivity contribution in [2.75, 3.05) is 0 Å². The second-order valence-corrected chi connectivity index (χ2v) is 3.98. The molecular weight excluding hydrogens is 242 g/mol. The third kappa shape index (κ3) is 1.84. The molecule has 0 radical (unpaired) electrons. The summed E-state index contributed by atoms with van der Waals surface area (Å²) in [4.78, 5) is 11.7. The number of hydrazine groups is 1. The number of carbonyl (C=O) groups is 1. The van der Waals surface area contributed by atoms with E-state index in [-0.39, 0.29) is 5.91 Å². The molecule has 0 aliphatic heterocycles. The number of nitrogens with two attached hydrogens (primary N) is 1. The molecule has 0 spiro atoms. The Morgan fingerprint density at radius 1 is 1.21 bits per heavy atom. The van der Waals surface area contributed by atoms with Crippen LogP contribution in [0.2, 0.25) is 0 Å². The largest absolute Gasteiger partial charge is 0.310 e. The highest BCUT2D eigenvalue weighted by molar-refractivity contribution is 5.94. The summed E-state index contributed by atoms with van der Waals surface area (Å²) in [6, 6.07) is 11.1. The zero-order valence-corrected chi connectivity index (χ0v) is 9.95. The standard InChI is InChI=1S/C13H11N5O/c14-16-13(19)11-6-3-7-18(11)12-8-15-17-10-5-2-1-4-9(10)12/h1-8H,14H2,(H,16,19). The summed E-state index contributed by atoms with van der Waals surface area (Å²) < 4.78 is 1.74. The lowest BCUT2D eigenvalue weighted by atomic mass is 10.2. The Bertz CT molecular complexity index is 744. The minimum absolute atomic E-state index is 0.356. The van der Waals surface area contributed by atoms with Gasteiger partial charge in [0.15, 0.2) is 0 Å². The number of fused-ring (bicyclic) bond motifs is 1. The van der Waals surface area contributed by atoms with E-state index in [0.717, 1.165) is 16.6 Å². The van der Waals surface area contributed by atoms with Crippen LogP contribution in [0.1, 0.15) is 10.5 Å². The minimum Gasteiger partial charge on any atom is -0.310 e. The average Bonchev–Trinajstić information content (AvgIpc) is 2.95. The Kier molecular flexibility index (Phi) is 2.70. The number of aromatic nitrogens is 3. The van der Waals surface area contributed by atoms with Crippen LogP contribution in [0.25, 0.3) is 16.6 Å². The van der Waals surface area contributed by atoms with Gasteiger partial charge in [-0.2, -0.15) is 10.2 Å². The van der Waals surface area contributed by atoms with E-state index in [1.807, 2.05) is 24.3 Å². The normalized spacial score (nSPS) is 10.6. The summed E-state index contributed by atoms with van der Waals surface area (Å²) in [7, 11) is 0. The molecule has 6 heteroatoms. The van der Waals surface area contributed by atoms with Crippen molar-refractivity contribution in [1.82, 2.24) is 20.2 Å². The van der Waals surface area contributed by atoms with Gasteiger partial charge in [-0.05, 0) is 18.2 Å². The van der Waals surface area contributed by atoms with Gasteiger partial charge in [0.1, 0.15) is 5.69 Å². The second kappa shape index (κ2) is 4.51. The first kappa shape index (κ1) is 11.4.